The first-order chi connectivity index (χ1) is 16.7. The summed E-state index contributed by atoms with van der Waals surface area (Å²) in [6.07, 6.45) is -2.66. The van der Waals surface area contributed by atoms with E-state index in [0.29, 0.717) is 23.3 Å². The summed E-state index contributed by atoms with van der Waals surface area (Å²) in [6.45, 7) is 2.36. The van der Waals surface area contributed by atoms with Gasteiger partial charge in [0.2, 0.25) is 0 Å². The largest absolute Gasteiger partial charge is 0.416 e. The van der Waals surface area contributed by atoms with Crippen molar-refractivity contribution in [1.82, 2.24) is 4.90 Å². The number of halogens is 4. The van der Waals surface area contributed by atoms with Crippen LogP contribution in [0.15, 0.2) is 66.7 Å². The Morgan fingerprint density at radius 2 is 1.71 bits per heavy atom. The number of hydrogen-bond acceptors (Lipinski definition) is 3. The Bertz CT molecular complexity index is 1210. The monoisotopic (exact) mass is 498 g/mol. The molecular formula is C28H26ClF3N2O. The Morgan fingerprint density at radius 1 is 1.00 bits per heavy atom. The fourth-order valence-corrected chi connectivity index (χ4v) is 4.83. The molecule has 3 aromatic carbocycles. The second-order valence-electron chi connectivity index (χ2n) is 9.17. The summed E-state index contributed by atoms with van der Waals surface area (Å²) in [5.74, 6) is 0. The van der Waals surface area contributed by atoms with Crippen molar-refractivity contribution in [1.29, 1.82) is 5.26 Å². The minimum absolute atomic E-state index is 0.0609. The second kappa shape index (κ2) is 10.4. The Labute approximate surface area is 208 Å². The molecule has 0 amide bonds. The van der Waals surface area contributed by atoms with Crippen LogP contribution in [0, 0.1) is 11.3 Å². The Balaban J connectivity index is 1.59. The molecule has 1 aliphatic rings. The topological polar surface area (TPSA) is 36.3 Å². The first-order valence-corrected chi connectivity index (χ1v) is 11.8. The molecule has 1 saturated heterocycles. The first-order valence-electron chi connectivity index (χ1n) is 11.4. The minimum atomic E-state index is -4.50. The lowest BCUT2D eigenvalue weighted by Gasteiger charge is -2.41. The summed E-state index contributed by atoms with van der Waals surface area (Å²) in [5.41, 5.74) is 1.89. The van der Waals surface area contributed by atoms with Crippen LogP contribution >= 0.6 is 11.6 Å². The summed E-state index contributed by atoms with van der Waals surface area (Å²) >= 11 is 6.13. The highest BCUT2D eigenvalue weighted by atomic mass is 35.5. The van der Waals surface area contributed by atoms with Gasteiger partial charge >= 0.3 is 6.18 Å². The maximum Gasteiger partial charge on any atom is 0.416 e. The van der Waals surface area contributed by atoms with Crippen molar-refractivity contribution < 1.29 is 17.9 Å². The van der Waals surface area contributed by atoms with Crippen molar-refractivity contribution in [2.75, 3.05) is 26.7 Å². The van der Waals surface area contributed by atoms with E-state index in [2.05, 4.69) is 24.1 Å². The lowest BCUT2D eigenvalue weighted by Crippen LogP contribution is -2.43. The van der Waals surface area contributed by atoms with E-state index < -0.39 is 11.7 Å². The average Bonchev–Trinajstić information content (AvgIpc) is 2.85. The average molecular weight is 499 g/mol. The van der Waals surface area contributed by atoms with E-state index in [4.69, 9.17) is 21.6 Å². The number of nitrogens with zero attached hydrogens (tertiary/aromatic N) is 2. The summed E-state index contributed by atoms with van der Waals surface area (Å²) in [6, 6.07) is 20.7. The van der Waals surface area contributed by atoms with Gasteiger partial charge < -0.3 is 9.64 Å². The fraction of sp³-hybridized carbons (Fsp3) is 0.321. The van der Waals surface area contributed by atoms with Gasteiger partial charge in [-0.2, -0.15) is 18.4 Å². The molecule has 1 fully saturated rings. The SMILES string of the molecule is CN1CCC(COCc2cc(-c3ccc(C#N)c(Cl)c3)cc(C(F)(F)F)c2)(c2ccccc2)CC1. The third kappa shape index (κ3) is 5.87. The number of alkyl halides is 3. The van der Waals surface area contributed by atoms with Crippen LogP contribution in [0.1, 0.15) is 35.1 Å². The number of rotatable bonds is 6. The van der Waals surface area contributed by atoms with Crippen LogP contribution in [-0.2, 0) is 22.9 Å². The molecule has 1 aliphatic heterocycles. The Hall–Kier alpha value is -2.85. The van der Waals surface area contributed by atoms with Crippen LogP contribution in [0.5, 0.6) is 0 Å². The molecule has 0 N–H and O–H groups in total. The van der Waals surface area contributed by atoms with Gasteiger partial charge in [0.25, 0.3) is 0 Å². The predicted octanol–water partition coefficient (Wildman–Crippen LogP) is 7.08. The molecule has 35 heavy (non-hydrogen) atoms. The molecular weight excluding hydrogens is 473 g/mol. The molecule has 0 radical (unpaired) electrons. The number of piperidine rings is 1. The standard InChI is InChI=1S/C28H26ClF3N2O/c1-34-11-9-27(10-12-34,24-5-3-2-4-6-24)19-35-18-20-13-23(15-25(14-20)28(30,31)32)21-7-8-22(17-33)26(29)16-21/h2-8,13-16H,9-12,18-19H2,1H3. The molecule has 0 aliphatic carbocycles. The zero-order valence-corrected chi connectivity index (χ0v) is 20.2. The fourth-order valence-electron chi connectivity index (χ4n) is 4.61. The van der Waals surface area contributed by atoms with E-state index in [1.807, 2.05) is 24.3 Å². The van der Waals surface area contributed by atoms with Crippen molar-refractivity contribution in [3.05, 3.63) is 94.0 Å². The highest BCUT2D eigenvalue weighted by Crippen LogP contribution is 2.37. The maximum absolute atomic E-state index is 13.7. The molecule has 7 heteroatoms. The summed E-state index contributed by atoms with van der Waals surface area (Å²) in [4.78, 5) is 2.28. The summed E-state index contributed by atoms with van der Waals surface area (Å²) < 4.78 is 47.2. The van der Waals surface area contributed by atoms with Crippen molar-refractivity contribution in [2.45, 2.75) is 31.0 Å². The number of nitriles is 1. The normalized spacial score (nSPS) is 16.1. The van der Waals surface area contributed by atoms with Gasteiger partial charge in [0, 0.05) is 5.41 Å². The quantitative estimate of drug-likeness (QED) is 0.364. The van der Waals surface area contributed by atoms with E-state index >= 15 is 0 Å². The van der Waals surface area contributed by atoms with Crippen LogP contribution < -0.4 is 0 Å². The molecule has 0 bridgehead atoms. The van der Waals surface area contributed by atoms with Crippen LogP contribution in [-0.4, -0.2) is 31.6 Å². The van der Waals surface area contributed by atoms with Crippen molar-refractivity contribution >= 4 is 11.6 Å². The zero-order valence-electron chi connectivity index (χ0n) is 19.4. The Kier molecular flexibility index (Phi) is 7.51. The van der Waals surface area contributed by atoms with Crippen LogP contribution in [0.3, 0.4) is 0 Å². The van der Waals surface area contributed by atoms with Gasteiger partial charge in [0.05, 0.1) is 29.4 Å². The zero-order chi connectivity index (χ0) is 25.1. The third-order valence-electron chi connectivity index (χ3n) is 6.72. The summed E-state index contributed by atoms with van der Waals surface area (Å²) in [5, 5.41) is 9.30. The maximum atomic E-state index is 13.7. The molecule has 3 aromatic rings. The molecule has 182 valence electrons. The molecule has 0 atom stereocenters. The van der Waals surface area contributed by atoms with Crippen molar-refractivity contribution in [3.8, 4) is 17.2 Å². The van der Waals surface area contributed by atoms with E-state index in [0.717, 1.165) is 38.1 Å². The van der Waals surface area contributed by atoms with Crippen LogP contribution in [0.4, 0.5) is 13.2 Å². The van der Waals surface area contributed by atoms with Crippen molar-refractivity contribution in [3.63, 3.8) is 0 Å². The third-order valence-corrected chi connectivity index (χ3v) is 7.03. The molecule has 0 unspecified atom stereocenters. The van der Waals surface area contributed by atoms with Gasteiger partial charge in [0.15, 0.2) is 0 Å². The molecule has 1 heterocycles. The van der Waals surface area contributed by atoms with Gasteiger partial charge in [-0.25, -0.2) is 0 Å². The van der Waals surface area contributed by atoms with Gasteiger partial charge in [-0.05, 0) is 85.6 Å². The molecule has 3 nitrogen and oxygen atoms in total. The minimum Gasteiger partial charge on any atom is -0.376 e. The highest BCUT2D eigenvalue weighted by Gasteiger charge is 2.36. The lowest BCUT2D eigenvalue weighted by molar-refractivity contribution is -0.137. The molecule has 4 rings (SSSR count). The number of likely N-dealkylation sites (tertiary alicyclic amines) is 1. The van der Waals surface area contributed by atoms with E-state index in [-0.39, 0.29) is 22.6 Å². The highest BCUT2D eigenvalue weighted by molar-refractivity contribution is 6.32. The second-order valence-corrected chi connectivity index (χ2v) is 9.57. The number of ether oxygens (including phenoxy) is 1. The molecule has 0 spiro atoms. The van der Waals surface area contributed by atoms with Gasteiger partial charge in [-0.1, -0.05) is 48.0 Å². The number of benzene rings is 3. The lowest BCUT2D eigenvalue weighted by atomic mass is 9.73. The Morgan fingerprint density at radius 3 is 2.34 bits per heavy atom. The summed E-state index contributed by atoms with van der Waals surface area (Å²) in [7, 11) is 2.09. The van der Waals surface area contributed by atoms with Crippen molar-refractivity contribution in [2.24, 2.45) is 0 Å². The molecule has 0 aromatic heterocycles. The van der Waals surface area contributed by atoms with Crippen LogP contribution in [0.25, 0.3) is 11.1 Å². The van der Waals surface area contributed by atoms with E-state index in [1.54, 1.807) is 12.1 Å². The first kappa shape index (κ1) is 25.2. The van der Waals surface area contributed by atoms with Crippen LogP contribution in [0.2, 0.25) is 5.02 Å². The van der Waals surface area contributed by atoms with E-state index in [9.17, 15) is 13.2 Å². The number of hydrogen-bond donors (Lipinski definition) is 0. The van der Waals surface area contributed by atoms with E-state index in [1.165, 1.54) is 17.7 Å². The van der Waals surface area contributed by atoms with Gasteiger partial charge in [-0.15, -0.1) is 0 Å². The smallest absolute Gasteiger partial charge is 0.376 e. The predicted molar refractivity (Wildman–Crippen MR) is 131 cm³/mol. The van der Waals surface area contributed by atoms with Gasteiger partial charge in [-0.3, -0.25) is 0 Å². The molecule has 0 saturated carbocycles. The van der Waals surface area contributed by atoms with Gasteiger partial charge in [0.1, 0.15) is 6.07 Å².